The van der Waals surface area contributed by atoms with Gasteiger partial charge in [0.15, 0.2) is 23.3 Å². The van der Waals surface area contributed by atoms with Gasteiger partial charge in [0.2, 0.25) is 24.4 Å². The zero-order valence-corrected chi connectivity index (χ0v) is 66.6. The summed E-state index contributed by atoms with van der Waals surface area (Å²) in [5.41, 5.74) is 0.215. The predicted octanol–water partition coefficient (Wildman–Crippen LogP) is 11.3. The number of phosphoric acid groups is 2. The van der Waals surface area contributed by atoms with Crippen LogP contribution in [0.1, 0.15) is 118 Å². The topological polar surface area (TPSA) is 374 Å². The third kappa shape index (κ3) is 16.2. The normalized spacial score (nSPS) is 18.4. The molecule has 4 aliphatic heterocycles. The first-order valence-electron chi connectivity index (χ1n) is 36.0. The SMILES string of the molecule is CN1C[C@H]2CCN(c3c(-c4cnc5c(c4)c(=O)c(C(=O)O)cn5C)cnc4c3-c3c(F)c(F)cc(N(C)C(=O)OCOP(=O)(O)OC(C)(C)C)c3C4)[C@H]2C1.CN1C[C@H]2CCN(c3c(-c4cnc5c(c4)c(=O)c(C(=O)O)cn5C)cnc4c3-c3c(F)c(F)cc(N(C)C(=O)OCOP(=O)(OC(C)(C)C)OC(C)(C)C)c3C4)[C@H]2C1.O. The number of ether oxygens (including phenoxy) is 2. The Kier molecular flexibility index (Phi) is 22.4. The Morgan fingerprint density at radius 1 is 0.549 bits per heavy atom. The molecule has 6 aliphatic rings. The van der Waals surface area contributed by atoms with Crippen molar-refractivity contribution in [3.05, 3.63) is 139 Å². The molecule has 31 nitrogen and oxygen atoms in total. The fraction of sp³-hybridized carbons (Fsp3) is 0.447. The number of hydrogen-bond donors (Lipinski definition) is 3. The number of fused-ring (bicyclic) bond motifs is 10. The lowest BCUT2D eigenvalue weighted by Crippen LogP contribution is -2.35. The number of rotatable bonds is 17. The molecule has 10 heterocycles. The van der Waals surface area contributed by atoms with Crippen LogP contribution in [0.5, 0.6) is 0 Å². The van der Waals surface area contributed by atoms with Crippen LogP contribution in [0.3, 0.4) is 0 Å². The van der Waals surface area contributed by atoms with E-state index in [1.54, 1.807) is 86.4 Å². The second-order valence-electron chi connectivity index (χ2n) is 31.9. The minimum Gasteiger partial charge on any atom is -0.477 e. The molecule has 4 saturated heterocycles. The third-order valence-electron chi connectivity index (χ3n) is 20.4. The van der Waals surface area contributed by atoms with E-state index in [2.05, 4.69) is 29.6 Å². The number of carbonyl (C=O) groups excluding carboxylic acids is 2. The number of halogens is 4. The summed E-state index contributed by atoms with van der Waals surface area (Å²) in [6, 6.07) is 4.94. The Hall–Kier alpha value is -9.64. The number of amides is 2. The van der Waals surface area contributed by atoms with Gasteiger partial charge >= 0.3 is 39.8 Å². The molecule has 4 fully saturated rings. The van der Waals surface area contributed by atoms with Crippen LogP contribution in [0, 0.1) is 35.1 Å². The van der Waals surface area contributed by atoms with Gasteiger partial charge in [0.25, 0.3) is 0 Å². The minimum absolute atomic E-state index is 0. The Labute approximate surface area is 646 Å². The quantitative estimate of drug-likeness (QED) is 0.0433. The summed E-state index contributed by atoms with van der Waals surface area (Å²) in [7, 11) is 1.01. The number of carboxylic acids is 2. The number of aryl methyl sites for hydroxylation is 2. The third-order valence-corrected chi connectivity index (χ3v) is 23.6. The van der Waals surface area contributed by atoms with E-state index in [1.165, 1.54) is 62.6 Å². The highest BCUT2D eigenvalue weighted by Crippen LogP contribution is 2.58. The van der Waals surface area contributed by atoms with E-state index in [1.807, 2.05) is 14.1 Å². The van der Waals surface area contributed by atoms with Gasteiger partial charge in [-0.3, -0.25) is 42.9 Å². The van der Waals surface area contributed by atoms with Crippen molar-refractivity contribution in [2.24, 2.45) is 25.9 Å². The number of pyridine rings is 6. The summed E-state index contributed by atoms with van der Waals surface area (Å²) < 4.78 is 130. The zero-order chi connectivity index (χ0) is 81.2. The summed E-state index contributed by atoms with van der Waals surface area (Å²) in [5.74, 6) is -6.88. The monoisotopic (exact) mass is 1610 g/mol. The Balaban J connectivity index is 0.000000208. The van der Waals surface area contributed by atoms with Gasteiger partial charge in [-0.25, -0.2) is 64.9 Å². The van der Waals surface area contributed by atoms with Crippen molar-refractivity contribution in [1.82, 2.24) is 38.9 Å². The first kappa shape index (κ1) is 82.8. The molecule has 37 heteroatoms. The number of likely N-dealkylation sites (N-methyl/N-ethyl adjacent to an activating group) is 2. The molecule has 2 aromatic carbocycles. The molecule has 5 atom stereocenters. The zero-order valence-electron chi connectivity index (χ0n) is 64.8. The molecule has 0 saturated carbocycles. The van der Waals surface area contributed by atoms with Crippen molar-refractivity contribution in [2.75, 3.05) is 101 Å². The number of likely N-dealkylation sites (tertiary alicyclic amines) is 2. The maximum Gasteiger partial charge on any atom is 0.478 e. The number of aromatic carboxylic acids is 2. The van der Waals surface area contributed by atoms with Crippen molar-refractivity contribution in [1.29, 1.82) is 0 Å². The average molecular weight is 1610 g/mol. The van der Waals surface area contributed by atoms with Crippen molar-refractivity contribution < 1.29 is 98.5 Å². The first-order chi connectivity index (χ1) is 52.4. The second kappa shape index (κ2) is 30.6. The molecular formula is C76H88F4N12O19P2. The van der Waals surface area contributed by atoms with E-state index in [4.69, 9.17) is 42.1 Å². The molecule has 14 rings (SSSR count). The van der Waals surface area contributed by atoms with Crippen molar-refractivity contribution in [3.63, 3.8) is 0 Å². The average Bonchev–Trinajstić information content (AvgIpc) is 1.58. The Morgan fingerprint density at radius 2 is 0.929 bits per heavy atom. The van der Waals surface area contributed by atoms with Crippen LogP contribution in [0.25, 0.3) is 66.6 Å². The molecule has 2 amide bonds. The van der Waals surface area contributed by atoms with Crippen LogP contribution in [-0.4, -0.2) is 194 Å². The first-order valence-corrected chi connectivity index (χ1v) is 38.9. The largest absolute Gasteiger partial charge is 0.478 e. The summed E-state index contributed by atoms with van der Waals surface area (Å²) in [4.78, 5) is 117. The van der Waals surface area contributed by atoms with E-state index in [0.29, 0.717) is 94.2 Å². The second-order valence-corrected chi connectivity index (χ2v) is 34.8. The lowest BCUT2D eigenvalue weighted by atomic mass is 9.96. The Bertz CT molecular complexity index is 5460. The van der Waals surface area contributed by atoms with Gasteiger partial charge in [0.05, 0.1) is 61.7 Å². The van der Waals surface area contributed by atoms with Gasteiger partial charge in [0.1, 0.15) is 22.4 Å². The molecule has 6 aromatic heterocycles. The van der Waals surface area contributed by atoms with E-state index in [9.17, 15) is 53.0 Å². The summed E-state index contributed by atoms with van der Waals surface area (Å²) in [6.07, 6.45) is 8.37. The van der Waals surface area contributed by atoms with Gasteiger partial charge in [-0.05, 0) is 124 Å². The van der Waals surface area contributed by atoms with E-state index in [0.717, 1.165) is 47.9 Å². The van der Waals surface area contributed by atoms with Crippen LogP contribution >= 0.6 is 15.6 Å². The molecule has 113 heavy (non-hydrogen) atoms. The van der Waals surface area contributed by atoms with Crippen LogP contribution in [0.4, 0.5) is 49.9 Å². The summed E-state index contributed by atoms with van der Waals surface area (Å²) in [5, 5.41) is 19.6. The smallest absolute Gasteiger partial charge is 0.477 e. The number of phosphoric ester groups is 2. The Morgan fingerprint density at radius 3 is 1.30 bits per heavy atom. The number of nitrogens with zero attached hydrogens (tertiary/aromatic N) is 12. The van der Waals surface area contributed by atoms with Crippen molar-refractivity contribution in [3.8, 4) is 44.5 Å². The highest BCUT2D eigenvalue weighted by atomic mass is 31.2. The van der Waals surface area contributed by atoms with Crippen molar-refractivity contribution >= 4 is 84.6 Å². The molecule has 0 bridgehead atoms. The summed E-state index contributed by atoms with van der Waals surface area (Å²) >= 11 is 0. The lowest BCUT2D eigenvalue weighted by molar-refractivity contribution is -0.0277. The fourth-order valence-corrected chi connectivity index (χ4v) is 18.6. The number of anilines is 4. The van der Waals surface area contributed by atoms with Gasteiger partial charge < -0.3 is 58.8 Å². The van der Waals surface area contributed by atoms with Crippen LogP contribution in [0.2, 0.25) is 0 Å². The van der Waals surface area contributed by atoms with E-state index < -0.39 is 115 Å². The van der Waals surface area contributed by atoms with E-state index >= 15 is 17.6 Å². The van der Waals surface area contributed by atoms with Gasteiger partial charge in [-0.1, -0.05) is 0 Å². The number of carboxylic acid groups (broad SMARTS) is 2. The number of aromatic nitrogens is 6. The maximum atomic E-state index is 16.4. The molecule has 2 aliphatic carbocycles. The molecule has 5 N–H and O–H groups in total. The number of benzene rings is 2. The number of carbonyl (C=O) groups is 4. The highest BCUT2D eigenvalue weighted by molar-refractivity contribution is 7.48. The minimum atomic E-state index is -4.59. The molecule has 1 unspecified atom stereocenters. The van der Waals surface area contributed by atoms with E-state index in [-0.39, 0.29) is 86.1 Å². The predicted molar refractivity (Wildman–Crippen MR) is 409 cm³/mol. The molecule has 604 valence electrons. The van der Waals surface area contributed by atoms with Crippen LogP contribution in [-0.2, 0) is 68.2 Å². The van der Waals surface area contributed by atoms with Gasteiger partial charge in [-0.2, -0.15) is 0 Å². The number of hydrogen-bond acceptors (Lipinski definition) is 23. The molecule has 0 radical (unpaired) electrons. The molecule has 8 aromatic rings. The molecule has 0 spiro atoms. The van der Waals surface area contributed by atoms with Crippen LogP contribution in [0.15, 0.2) is 71.0 Å². The highest BCUT2D eigenvalue weighted by Gasteiger charge is 2.47. The maximum absolute atomic E-state index is 16.4. The van der Waals surface area contributed by atoms with Gasteiger partial charge in [0, 0.05) is 186 Å². The van der Waals surface area contributed by atoms with Crippen LogP contribution < -0.4 is 30.5 Å². The fourth-order valence-electron chi connectivity index (χ4n) is 16.0. The summed E-state index contributed by atoms with van der Waals surface area (Å²) in [6.45, 7) is 17.1. The van der Waals surface area contributed by atoms with Gasteiger partial charge in [-0.15, -0.1) is 0 Å². The van der Waals surface area contributed by atoms with Crippen molar-refractivity contribution in [2.45, 2.75) is 117 Å². The lowest BCUT2D eigenvalue weighted by Gasteiger charge is -2.31. The molecular weight excluding hydrogens is 1520 g/mol. The standard InChI is InChI=1S/C40H47F2N6O9P.C36H39F2N6O9P.H2O/c1-39(2,3)56-58(53,57-40(4,5)6)55-20-54-38(52)47(9)29-14-27(41)33(42)31-23(29)13-28-32(31)34(48-11-10-21-17-45(7)19-30(21)48)25(16-43-28)22-12-24-35(49)26(37(50)51)18-46(8)36(24)44-15-22;1-36(2,3)53-54(49,50)52-17-51-35(48)43(6)26-11-24(37)30(38)28-20(26)10-25-29(28)31(44-8-7-18-14-41(4)16-27(18)44)22(13-39-25)19-9-21-32(45)23(34(46)47)15-42(5)33(21)40-12-19;/h12,14-16,18,21,30H,10-11,13,17,19-20H2,1-9H3,(H,50,51);9,11-13,15,18,27H,7-8,10,14,16-17H2,1-6H3,(H,46,47)(H,49,50);1H2/t21-,30+;18-,27+;/m11./s1.